The predicted molar refractivity (Wildman–Crippen MR) is 62.3 cm³/mol. The van der Waals surface area contributed by atoms with E-state index in [1.807, 2.05) is 0 Å². The summed E-state index contributed by atoms with van der Waals surface area (Å²) in [5.41, 5.74) is 0.0894. The highest BCUT2D eigenvalue weighted by Gasteiger charge is 2.41. The van der Waals surface area contributed by atoms with Gasteiger partial charge in [0.25, 0.3) is 0 Å². The number of nitrogens with zero attached hydrogens (tertiary/aromatic N) is 1. The highest BCUT2D eigenvalue weighted by atomic mass is 16.5. The van der Waals surface area contributed by atoms with Crippen molar-refractivity contribution < 1.29 is 9.53 Å². The van der Waals surface area contributed by atoms with Gasteiger partial charge in [-0.3, -0.25) is 4.79 Å². The van der Waals surface area contributed by atoms with E-state index >= 15 is 0 Å². The number of nitrogens with one attached hydrogen (secondary N) is 1. The van der Waals surface area contributed by atoms with E-state index in [2.05, 4.69) is 10.2 Å². The third kappa shape index (κ3) is 2.23. The van der Waals surface area contributed by atoms with Crippen molar-refractivity contribution in [1.29, 1.82) is 0 Å². The molecular weight excluding hydrogens is 204 g/mol. The molecule has 0 radical (unpaired) electrons. The molecule has 2 fully saturated rings. The fraction of sp³-hybridized carbons (Fsp3) is 0.917. The fourth-order valence-corrected chi connectivity index (χ4v) is 3.09. The molecule has 2 rings (SSSR count). The number of carbonyl (C=O) groups is 1. The summed E-state index contributed by atoms with van der Waals surface area (Å²) in [6.45, 7) is 2.93. The SMILES string of the molecule is COCC(=O)N1CCNCC12CCCCC2. The lowest BCUT2D eigenvalue weighted by Gasteiger charge is -2.49. The molecular formula is C12H22N2O2. The number of piperazine rings is 1. The molecule has 1 aliphatic heterocycles. The van der Waals surface area contributed by atoms with Gasteiger partial charge >= 0.3 is 0 Å². The van der Waals surface area contributed by atoms with Gasteiger partial charge in [-0.05, 0) is 12.8 Å². The van der Waals surface area contributed by atoms with Crippen LogP contribution in [0.15, 0.2) is 0 Å². The van der Waals surface area contributed by atoms with Crippen molar-refractivity contribution in [2.24, 2.45) is 0 Å². The third-order valence-electron chi connectivity index (χ3n) is 3.89. The van der Waals surface area contributed by atoms with Crippen molar-refractivity contribution in [3.05, 3.63) is 0 Å². The first-order valence-corrected chi connectivity index (χ1v) is 6.29. The maximum Gasteiger partial charge on any atom is 0.249 e. The van der Waals surface area contributed by atoms with Crippen molar-refractivity contribution in [3.63, 3.8) is 0 Å². The molecule has 0 unspecified atom stereocenters. The average Bonchev–Trinajstić information content (AvgIpc) is 2.31. The van der Waals surface area contributed by atoms with Crippen LogP contribution >= 0.6 is 0 Å². The zero-order valence-corrected chi connectivity index (χ0v) is 10.1. The third-order valence-corrected chi connectivity index (χ3v) is 3.89. The standard InChI is InChI=1S/C12H22N2O2/c1-16-9-11(15)14-8-7-13-10-12(14)5-3-2-4-6-12/h13H,2-10H2,1H3. The van der Waals surface area contributed by atoms with E-state index in [9.17, 15) is 4.79 Å². The highest BCUT2D eigenvalue weighted by Crippen LogP contribution is 2.34. The van der Waals surface area contributed by atoms with Crippen LogP contribution in [-0.4, -0.2) is 49.7 Å². The Hall–Kier alpha value is -0.610. The van der Waals surface area contributed by atoms with E-state index in [-0.39, 0.29) is 18.1 Å². The normalized spacial score (nSPS) is 24.7. The molecule has 1 spiro atoms. The number of ether oxygens (including phenoxy) is 1. The van der Waals surface area contributed by atoms with Crippen LogP contribution in [0.25, 0.3) is 0 Å². The molecule has 0 aromatic rings. The summed E-state index contributed by atoms with van der Waals surface area (Å²) in [5.74, 6) is 0.158. The molecule has 1 saturated heterocycles. The van der Waals surface area contributed by atoms with Gasteiger partial charge in [0.05, 0.1) is 5.54 Å². The Kier molecular flexibility index (Phi) is 3.82. The van der Waals surface area contributed by atoms with E-state index < -0.39 is 0 Å². The Morgan fingerprint density at radius 2 is 2.12 bits per heavy atom. The van der Waals surface area contributed by atoms with Crippen LogP contribution in [0.5, 0.6) is 0 Å². The van der Waals surface area contributed by atoms with Gasteiger partial charge in [-0.15, -0.1) is 0 Å². The van der Waals surface area contributed by atoms with Crippen molar-refractivity contribution in [1.82, 2.24) is 10.2 Å². The van der Waals surface area contributed by atoms with Gasteiger partial charge in [0.1, 0.15) is 6.61 Å². The zero-order chi connectivity index (χ0) is 11.4. The number of hydrogen-bond acceptors (Lipinski definition) is 3. The second-order valence-corrected chi connectivity index (χ2v) is 4.94. The van der Waals surface area contributed by atoms with E-state index in [0.717, 1.165) is 32.5 Å². The molecule has 92 valence electrons. The molecule has 0 aromatic carbocycles. The Morgan fingerprint density at radius 1 is 1.38 bits per heavy atom. The van der Waals surface area contributed by atoms with Crippen LogP contribution in [0, 0.1) is 0 Å². The lowest BCUT2D eigenvalue weighted by Crippen LogP contribution is -2.64. The Bertz CT molecular complexity index is 241. The molecule has 4 nitrogen and oxygen atoms in total. The second-order valence-electron chi connectivity index (χ2n) is 4.94. The molecule has 0 atom stereocenters. The summed E-state index contributed by atoms with van der Waals surface area (Å²) in [7, 11) is 1.59. The Labute approximate surface area is 97.3 Å². The van der Waals surface area contributed by atoms with Gasteiger partial charge < -0.3 is 15.0 Å². The maximum absolute atomic E-state index is 12.0. The molecule has 1 saturated carbocycles. The van der Waals surface area contributed by atoms with Crippen LogP contribution in [0.1, 0.15) is 32.1 Å². The minimum atomic E-state index is 0.0894. The van der Waals surface area contributed by atoms with Gasteiger partial charge in [-0.25, -0.2) is 0 Å². The maximum atomic E-state index is 12.0. The molecule has 1 heterocycles. The number of amides is 1. The quantitative estimate of drug-likeness (QED) is 0.756. The predicted octanol–water partition coefficient (Wildman–Crippen LogP) is 0.767. The zero-order valence-electron chi connectivity index (χ0n) is 10.1. The molecule has 4 heteroatoms. The van der Waals surface area contributed by atoms with Gasteiger partial charge in [0, 0.05) is 26.7 Å². The van der Waals surface area contributed by atoms with E-state index in [4.69, 9.17) is 4.74 Å². The summed E-state index contributed by atoms with van der Waals surface area (Å²) >= 11 is 0. The number of carbonyl (C=O) groups excluding carboxylic acids is 1. The number of rotatable bonds is 2. The molecule has 0 bridgehead atoms. The molecule has 1 N–H and O–H groups in total. The van der Waals surface area contributed by atoms with Gasteiger partial charge in [0.2, 0.25) is 5.91 Å². The molecule has 16 heavy (non-hydrogen) atoms. The van der Waals surface area contributed by atoms with Crippen LogP contribution < -0.4 is 5.32 Å². The van der Waals surface area contributed by atoms with Crippen molar-refractivity contribution >= 4 is 5.91 Å². The fourth-order valence-electron chi connectivity index (χ4n) is 3.09. The van der Waals surface area contributed by atoms with E-state index in [1.165, 1.54) is 19.3 Å². The van der Waals surface area contributed by atoms with Crippen LogP contribution in [0.4, 0.5) is 0 Å². The molecule has 1 amide bonds. The minimum absolute atomic E-state index is 0.0894. The number of hydrogen-bond donors (Lipinski definition) is 1. The van der Waals surface area contributed by atoms with Crippen LogP contribution in [-0.2, 0) is 9.53 Å². The Morgan fingerprint density at radius 3 is 2.81 bits per heavy atom. The topological polar surface area (TPSA) is 41.6 Å². The highest BCUT2D eigenvalue weighted by molar-refractivity contribution is 5.78. The first-order chi connectivity index (χ1) is 7.78. The first-order valence-electron chi connectivity index (χ1n) is 6.29. The largest absolute Gasteiger partial charge is 0.375 e. The van der Waals surface area contributed by atoms with Crippen molar-refractivity contribution in [3.8, 4) is 0 Å². The van der Waals surface area contributed by atoms with Crippen LogP contribution in [0.2, 0.25) is 0 Å². The summed E-state index contributed by atoms with van der Waals surface area (Å²) in [4.78, 5) is 14.1. The summed E-state index contributed by atoms with van der Waals surface area (Å²) < 4.78 is 4.98. The van der Waals surface area contributed by atoms with E-state index in [0.29, 0.717) is 0 Å². The minimum Gasteiger partial charge on any atom is -0.375 e. The smallest absolute Gasteiger partial charge is 0.249 e. The molecule has 2 aliphatic rings. The van der Waals surface area contributed by atoms with Gasteiger partial charge in [0.15, 0.2) is 0 Å². The van der Waals surface area contributed by atoms with Gasteiger partial charge in [-0.2, -0.15) is 0 Å². The van der Waals surface area contributed by atoms with Crippen molar-refractivity contribution in [2.75, 3.05) is 33.4 Å². The summed E-state index contributed by atoms with van der Waals surface area (Å²) in [5, 5.41) is 3.44. The van der Waals surface area contributed by atoms with Crippen molar-refractivity contribution in [2.45, 2.75) is 37.6 Å². The second kappa shape index (κ2) is 5.15. The summed E-state index contributed by atoms with van der Waals surface area (Å²) in [6, 6.07) is 0. The molecule has 0 aromatic heterocycles. The molecule has 1 aliphatic carbocycles. The lowest BCUT2D eigenvalue weighted by molar-refractivity contribution is -0.144. The number of methoxy groups -OCH3 is 1. The van der Waals surface area contributed by atoms with Crippen LogP contribution in [0.3, 0.4) is 0 Å². The van der Waals surface area contributed by atoms with Gasteiger partial charge in [-0.1, -0.05) is 19.3 Å². The lowest BCUT2D eigenvalue weighted by atomic mass is 9.79. The average molecular weight is 226 g/mol. The Balaban J connectivity index is 2.09. The monoisotopic (exact) mass is 226 g/mol. The summed E-state index contributed by atoms with van der Waals surface area (Å²) in [6.07, 6.45) is 6.11. The van der Waals surface area contributed by atoms with E-state index in [1.54, 1.807) is 7.11 Å². The first kappa shape index (κ1) is 11.9.